The molecule has 4 aromatic rings. The van der Waals surface area contributed by atoms with Gasteiger partial charge in [0.05, 0.1) is 25.2 Å². The Hall–Kier alpha value is -3.39. The van der Waals surface area contributed by atoms with Crippen LogP contribution >= 0.6 is 23.2 Å². The highest BCUT2D eigenvalue weighted by Crippen LogP contribution is 2.32. The summed E-state index contributed by atoms with van der Waals surface area (Å²) in [6.45, 7) is 0.0231. The van der Waals surface area contributed by atoms with Crippen molar-refractivity contribution >= 4 is 23.2 Å². The number of rotatable bonds is 7. The molecule has 4 rings (SSSR count). The quantitative estimate of drug-likeness (QED) is 0.415. The van der Waals surface area contributed by atoms with Gasteiger partial charge in [-0.15, -0.1) is 0 Å². The molecule has 1 heterocycles. The molecule has 0 aliphatic carbocycles. The number of nitrogens with two attached hydrogens (primary N) is 1. The number of aromatic nitrogens is 3. The summed E-state index contributed by atoms with van der Waals surface area (Å²) in [5.41, 5.74) is 7.00. The van der Waals surface area contributed by atoms with Crippen molar-refractivity contribution in [2.75, 3.05) is 7.11 Å². The minimum atomic E-state index is -0.598. The van der Waals surface area contributed by atoms with Crippen LogP contribution in [0, 0.1) is 0 Å². The van der Waals surface area contributed by atoms with E-state index in [9.17, 15) is 9.59 Å². The number of nitrogens with zero attached hydrogens (tertiary/aromatic N) is 3. The molecule has 2 N–H and O–H groups in total. The molecule has 3 aromatic carbocycles. The topological polar surface area (TPSA) is 92.1 Å². The molecule has 0 fully saturated rings. The van der Waals surface area contributed by atoms with Crippen LogP contribution in [-0.4, -0.2) is 21.5 Å². The van der Waals surface area contributed by atoms with Crippen LogP contribution in [0.15, 0.2) is 82.4 Å². The van der Waals surface area contributed by atoms with E-state index in [1.54, 1.807) is 36.4 Å². The second-order valence-electron chi connectivity index (χ2n) is 7.63. The van der Waals surface area contributed by atoms with Gasteiger partial charge in [-0.05, 0) is 23.3 Å². The average molecular weight is 497 g/mol. The molecule has 0 bridgehead atoms. The lowest BCUT2D eigenvalue weighted by Gasteiger charge is -2.17. The molecule has 0 saturated carbocycles. The van der Waals surface area contributed by atoms with Crippen molar-refractivity contribution in [2.24, 2.45) is 5.73 Å². The van der Waals surface area contributed by atoms with Crippen LogP contribution in [0.3, 0.4) is 0 Å². The Bertz CT molecular complexity index is 1430. The first-order valence-electron chi connectivity index (χ1n) is 10.5. The summed E-state index contributed by atoms with van der Waals surface area (Å²) in [4.78, 5) is 26.9. The Morgan fingerprint density at radius 1 is 0.971 bits per heavy atom. The summed E-state index contributed by atoms with van der Waals surface area (Å²) in [7, 11) is 1.48. The smallest absolute Gasteiger partial charge is 0.347 e. The predicted molar refractivity (Wildman–Crippen MR) is 134 cm³/mol. The van der Waals surface area contributed by atoms with Gasteiger partial charge in [-0.1, -0.05) is 83.9 Å². The van der Waals surface area contributed by atoms with Crippen LogP contribution in [0.5, 0.6) is 5.75 Å². The Labute approximate surface area is 205 Å². The van der Waals surface area contributed by atoms with Crippen molar-refractivity contribution in [2.45, 2.75) is 19.1 Å². The SMILES string of the molecule is COc1cccc(-c2nn(Cc3ccccc3Cl)c(=O)n(CC(N)c3ccccc3)c2=O)c1Cl. The van der Waals surface area contributed by atoms with Gasteiger partial charge in [0.15, 0.2) is 5.69 Å². The van der Waals surface area contributed by atoms with E-state index < -0.39 is 17.3 Å². The third-order valence-corrected chi connectivity index (χ3v) is 6.20. The maximum atomic E-state index is 13.5. The monoisotopic (exact) mass is 496 g/mol. The third-order valence-electron chi connectivity index (χ3n) is 5.44. The molecular formula is C25H22Cl2N4O3. The molecular weight excluding hydrogens is 475 g/mol. The molecule has 9 heteroatoms. The molecule has 0 aliphatic rings. The number of hydrogen-bond donors (Lipinski definition) is 1. The second-order valence-corrected chi connectivity index (χ2v) is 8.42. The molecule has 174 valence electrons. The van der Waals surface area contributed by atoms with E-state index in [-0.39, 0.29) is 23.8 Å². The van der Waals surface area contributed by atoms with Gasteiger partial charge < -0.3 is 10.5 Å². The van der Waals surface area contributed by atoms with Crippen LogP contribution in [0.2, 0.25) is 10.0 Å². The molecule has 34 heavy (non-hydrogen) atoms. The minimum Gasteiger partial charge on any atom is -0.495 e. The van der Waals surface area contributed by atoms with E-state index in [2.05, 4.69) is 5.10 Å². The van der Waals surface area contributed by atoms with E-state index in [4.69, 9.17) is 33.7 Å². The van der Waals surface area contributed by atoms with Gasteiger partial charge in [-0.3, -0.25) is 9.36 Å². The molecule has 0 aliphatic heterocycles. The standard InChI is InChI=1S/C25H22Cl2N4O3/c1-34-21-13-7-11-18(22(21)27)23-24(32)30(15-20(28)16-8-3-2-4-9-16)25(33)31(29-23)14-17-10-5-6-12-19(17)26/h2-13,20H,14-15,28H2,1H3. The van der Waals surface area contributed by atoms with E-state index in [0.29, 0.717) is 21.9 Å². The lowest BCUT2D eigenvalue weighted by Crippen LogP contribution is -2.44. The Kier molecular flexibility index (Phi) is 7.17. The highest BCUT2D eigenvalue weighted by atomic mass is 35.5. The van der Waals surface area contributed by atoms with Crippen molar-refractivity contribution in [3.8, 4) is 17.0 Å². The molecule has 1 atom stereocenters. The highest BCUT2D eigenvalue weighted by Gasteiger charge is 2.21. The fourth-order valence-electron chi connectivity index (χ4n) is 3.63. The molecule has 0 spiro atoms. The average Bonchev–Trinajstić information content (AvgIpc) is 2.85. The van der Waals surface area contributed by atoms with Crippen molar-refractivity contribution in [3.63, 3.8) is 0 Å². The summed E-state index contributed by atoms with van der Waals surface area (Å²) in [5.74, 6) is 0.386. The van der Waals surface area contributed by atoms with Crippen molar-refractivity contribution < 1.29 is 4.74 Å². The summed E-state index contributed by atoms with van der Waals surface area (Å²) in [6.07, 6.45) is 0. The largest absolute Gasteiger partial charge is 0.495 e. The van der Waals surface area contributed by atoms with E-state index in [0.717, 1.165) is 10.1 Å². The zero-order valence-electron chi connectivity index (χ0n) is 18.3. The first-order chi connectivity index (χ1) is 16.4. The second kappa shape index (κ2) is 10.3. The Morgan fingerprint density at radius 3 is 2.38 bits per heavy atom. The van der Waals surface area contributed by atoms with Gasteiger partial charge >= 0.3 is 5.69 Å². The summed E-state index contributed by atoms with van der Waals surface area (Å²) in [6, 6.07) is 20.8. The molecule has 0 amide bonds. The van der Waals surface area contributed by atoms with Gasteiger partial charge in [-0.25, -0.2) is 9.48 Å². The molecule has 0 saturated heterocycles. The fourth-order valence-corrected chi connectivity index (χ4v) is 4.12. The van der Waals surface area contributed by atoms with Crippen LogP contribution in [0.25, 0.3) is 11.3 Å². The van der Waals surface area contributed by atoms with Gasteiger partial charge in [0.1, 0.15) is 5.75 Å². The Morgan fingerprint density at radius 2 is 1.68 bits per heavy atom. The maximum Gasteiger partial charge on any atom is 0.347 e. The first-order valence-corrected chi connectivity index (χ1v) is 11.2. The number of halogens is 2. The number of methoxy groups -OCH3 is 1. The van der Waals surface area contributed by atoms with Crippen molar-refractivity contribution in [3.05, 3.63) is 115 Å². The van der Waals surface area contributed by atoms with Gasteiger partial charge in [-0.2, -0.15) is 5.10 Å². The number of hydrogen-bond acceptors (Lipinski definition) is 5. The van der Waals surface area contributed by atoms with Crippen LogP contribution < -0.4 is 21.7 Å². The maximum absolute atomic E-state index is 13.5. The zero-order chi connectivity index (χ0) is 24.2. The summed E-state index contributed by atoms with van der Waals surface area (Å²) >= 11 is 12.8. The number of ether oxygens (including phenoxy) is 1. The predicted octanol–water partition coefficient (Wildman–Crippen LogP) is 4.14. The van der Waals surface area contributed by atoms with Gasteiger partial charge in [0.25, 0.3) is 5.56 Å². The van der Waals surface area contributed by atoms with Crippen LogP contribution in [0.1, 0.15) is 17.2 Å². The van der Waals surface area contributed by atoms with Gasteiger partial charge in [0.2, 0.25) is 0 Å². The van der Waals surface area contributed by atoms with Crippen molar-refractivity contribution in [1.29, 1.82) is 0 Å². The zero-order valence-corrected chi connectivity index (χ0v) is 19.8. The van der Waals surface area contributed by atoms with Crippen molar-refractivity contribution in [1.82, 2.24) is 14.3 Å². The fraction of sp³-hybridized carbons (Fsp3) is 0.160. The lowest BCUT2D eigenvalue weighted by atomic mass is 10.1. The summed E-state index contributed by atoms with van der Waals surface area (Å²) in [5, 5.41) is 5.09. The lowest BCUT2D eigenvalue weighted by molar-refractivity contribution is 0.415. The van der Waals surface area contributed by atoms with E-state index in [1.165, 1.54) is 11.8 Å². The van der Waals surface area contributed by atoms with E-state index in [1.807, 2.05) is 36.4 Å². The number of benzene rings is 3. The normalized spacial score (nSPS) is 11.9. The highest BCUT2D eigenvalue weighted by molar-refractivity contribution is 6.34. The van der Waals surface area contributed by atoms with Crippen LogP contribution in [0.4, 0.5) is 0 Å². The van der Waals surface area contributed by atoms with Crippen LogP contribution in [-0.2, 0) is 13.1 Å². The molecule has 1 aromatic heterocycles. The Balaban J connectivity index is 1.89. The van der Waals surface area contributed by atoms with E-state index >= 15 is 0 Å². The molecule has 7 nitrogen and oxygen atoms in total. The van der Waals surface area contributed by atoms with Gasteiger partial charge in [0, 0.05) is 16.6 Å². The minimum absolute atomic E-state index is 0.0100. The molecule has 0 radical (unpaired) electrons. The summed E-state index contributed by atoms with van der Waals surface area (Å²) < 4.78 is 7.58. The third kappa shape index (κ3) is 4.77. The first kappa shape index (κ1) is 23.8. The molecule has 1 unspecified atom stereocenters.